The standard InChI is InChI=1S/C19H27N5O/c1-15-4-7-21-18(14-15)22-19(25)17-5-11-23(12-6-17)9-3-10-24-13-8-20-16(24)2/h4,7-8,13-14,17H,3,5-6,9-12H2,1-2H3,(H,21,22,25). The molecule has 1 amide bonds. The van der Waals surface area contributed by atoms with Crippen molar-refractivity contribution in [3.8, 4) is 0 Å². The lowest BCUT2D eigenvalue weighted by molar-refractivity contribution is -0.121. The van der Waals surface area contributed by atoms with Gasteiger partial charge in [-0.3, -0.25) is 4.79 Å². The number of anilines is 1. The number of likely N-dealkylation sites (tertiary alicyclic amines) is 1. The molecule has 3 rings (SSSR count). The Labute approximate surface area is 149 Å². The number of aromatic nitrogens is 3. The van der Waals surface area contributed by atoms with E-state index in [0.717, 1.165) is 56.8 Å². The molecule has 6 nitrogen and oxygen atoms in total. The molecule has 1 fully saturated rings. The van der Waals surface area contributed by atoms with Crippen LogP contribution in [0, 0.1) is 19.8 Å². The number of nitrogens with one attached hydrogen (secondary N) is 1. The topological polar surface area (TPSA) is 63.1 Å². The average Bonchev–Trinajstić information content (AvgIpc) is 3.01. The van der Waals surface area contributed by atoms with Gasteiger partial charge in [0, 0.05) is 31.1 Å². The number of hydrogen-bond acceptors (Lipinski definition) is 4. The van der Waals surface area contributed by atoms with Crippen LogP contribution in [0.25, 0.3) is 0 Å². The van der Waals surface area contributed by atoms with Crippen molar-refractivity contribution in [2.45, 2.75) is 39.7 Å². The van der Waals surface area contributed by atoms with Crippen molar-refractivity contribution < 1.29 is 4.79 Å². The van der Waals surface area contributed by atoms with E-state index in [2.05, 4.69) is 24.8 Å². The number of aryl methyl sites for hydroxylation is 3. The molecule has 0 aliphatic carbocycles. The summed E-state index contributed by atoms with van der Waals surface area (Å²) in [6.45, 7) is 8.09. The summed E-state index contributed by atoms with van der Waals surface area (Å²) in [6.07, 6.45) is 8.56. The highest BCUT2D eigenvalue weighted by Crippen LogP contribution is 2.19. The lowest BCUT2D eigenvalue weighted by atomic mass is 9.96. The summed E-state index contributed by atoms with van der Waals surface area (Å²) in [5.74, 6) is 1.92. The zero-order valence-corrected chi connectivity index (χ0v) is 15.1. The maximum Gasteiger partial charge on any atom is 0.228 e. The molecule has 6 heteroatoms. The molecule has 1 aliphatic heterocycles. The van der Waals surface area contributed by atoms with E-state index < -0.39 is 0 Å². The monoisotopic (exact) mass is 341 g/mol. The van der Waals surface area contributed by atoms with Crippen LogP contribution in [-0.4, -0.2) is 45.0 Å². The predicted octanol–water partition coefficient (Wildman–Crippen LogP) is 2.64. The van der Waals surface area contributed by atoms with E-state index in [1.54, 1.807) is 6.20 Å². The highest BCUT2D eigenvalue weighted by Gasteiger charge is 2.25. The third-order valence-corrected chi connectivity index (χ3v) is 4.92. The molecule has 134 valence electrons. The molecule has 0 bridgehead atoms. The summed E-state index contributed by atoms with van der Waals surface area (Å²) in [6, 6.07) is 3.84. The summed E-state index contributed by atoms with van der Waals surface area (Å²) in [7, 11) is 0. The fourth-order valence-electron chi connectivity index (χ4n) is 3.36. The zero-order valence-electron chi connectivity index (χ0n) is 15.1. The third-order valence-electron chi connectivity index (χ3n) is 4.92. The van der Waals surface area contributed by atoms with Gasteiger partial charge < -0.3 is 14.8 Å². The van der Waals surface area contributed by atoms with Crippen LogP contribution < -0.4 is 5.32 Å². The zero-order chi connectivity index (χ0) is 17.6. The van der Waals surface area contributed by atoms with Crippen LogP contribution in [0.5, 0.6) is 0 Å². The number of imidazole rings is 1. The number of carbonyl (C=O) groups is 1. The van der Waals surface area contributed by atoms with E-state index in [-0.39, 0.29) is 11.8 Å². The second kappa shape index (κ2) is 8.25. The van der Waals surface area contributed by atoms with Crippen LogP contribution in [0.1, 0.15) is 30.7 Å². The summed E-state index contributed by atoms with van der Waals surface area (Å²) in [5, 5.41) is 2.96. The van der Waals surface area contributed by atoms with Gasteiger partial charge in [-0.05, 0) is 70.4 Å². The largest absolute Gasteiger partial charge is 0.335 e. The van der Waals surface area contributed by atoms with Gasteiger partial charge in [0.25, 0.3) is 0 Å². The van der Waals surface area contributed by atoms with Crippen LogP contribution in [0.15, 0.2) is 30.7 Å². The van der Waals surface area contributed by atoms with Crippen molar-refractivity contribution in [3.05, 3.63) is 42.1 Å². The van der Waals surface area contributed by atoms with Crippen LogP contribution in [0.3, 0.4) is 0 Å². The lowest BCUT2D eigenvalue weighted by Gasteiger charge is -2.31. The Balaban J connectivity index is 1.39. The Bertz CT molecular complexity index is 703. The molecule has 0 atom stereocenters. The molecule has 2 aromatic heterocycles. The van der Waals surface area contributed by atoms with Crippen LogP contribution in [0.2, 0.25) is 0 Å². The first-order valence-electron chi connectivity index (χ1n) is 9.05. The molecule has 2 aromatic rings. The average molecular weight is 341 g/mol. The Morgan fingerprint density at radius 2 is 2.00 bits per heavy atom. The molecule has 0 spiro atoms. The predicted molar refractivity (Wildman–Crippen MR) is 98.3 cm³/mol. The van der Waals surface area contributed by atoms with Gasteiger partial charge in [-0.2, -0.15) is 0 Å². The Hall–Kier alpha value is -2.21. The highest BCUT2D eigenvalue weighted by molar-refractivity contribution is 5.91. The smallest absolute Gasteiger partial charge is 0.228 e. The molecule has 0 aromatic carbocycles. The molecule has 3 heterocycles. The van der Waals surface area contributed by atoms with Gasteiger partial charge in [0.15, 0.2) is 0 Å². The maximum absolute atomic E-state index is 12.4. The minimum atomic E-state index is 0.0921. The molecule has 25 heavy (non-hydrogen) atoms. The van der Waals surface area contributed by atoms with Crippen molar-refractivity contribution in [3.63, 3.8) is 0 Å². The normalized spacial score (nSPS) is 16.1. The highest BCUT2D eigenvalue weighted by atomic mass is 16.1. The Morgan fingerprint density at radius 1 is 1.20 bits per heavy atom. The van der Waals surface area contributed by atoms with Crippen molar-refractivity contribution in [2.24, 2.45) is 5.92 Å². The fraction of sp³-hybridized carbons (Fsp3) is 0.526. The summed E-state index contributed by atoms with van der Waals surface area (Å²) < 4.78 is 2.19. The summed E-state index contributed by atoms with van der Waals surface area (Å²) in [4.78, 5) is 23.3. The molecule has 1 N–H and O–H groups in total. The third kappa shape index (κ3) is 4.89. The maximum atomic E-state index is 12.4. The summed E-state index contributed by atoms with van der Waals surface area (Å²) in [5.41, 5.74) is 1.10. The number of rotatable bonds is 6. The van der Waals surface area contributed by atoms with Crippen LogP contribution >= 0.6 is 0 Å². The molecule has 1 aliphatic rings. The van der Waals surface area contributed by atoms with Crippen molar-refractivity contribution in [1.29, 1.82) is 0 Å². The van der Waals surface area contributed by atoms with Gasteiger partial charge in [0.1, 0.15) is 11.6 Å². The number of pyridine rings is 1. The van der Waals surface area contributed by atoms with E-state index in [9.17, 15) is 4.79 Å². The van der Waals surface area contributed by atoms with Gasteiger partial charge in [-0.15, -0.1) is 0 Å². The number of amides is 1. The van der Waals surface area contributed by atoms with Gasteiger partial charge >= 0.3 is 0 Å². The SMILES string of the molecule is Cc1ccnc(NC(=O)C2CCN(CCCn3ccnc3C)CC2)c1. The quantitative estimate of drug-likeness (QED) is 0.877. The number of nitrogens with zero attached hydrogens (tertiary/aromatic N) is 4. The van der Waals surface area contributed by atoms with Crippen molar-refractivity contribution >= 4 is 11.7 Å². The Morgan fingerprint density at radius 3 is 2.68 bits per heavy atom. The van der Waals surface area contributed by atoms with Crippen LogP contribution in [0.4, 0.5) is 5.82 Å². The number of hydrogen-bond donors (Lipinski definition) is 1. The number of piperidine rings is 1. The first-order chi connectivity index (χ1) is 12.1. The van der Waals surface area contributed by atoms with Gasteiger partial charge in [-0.1, -0.05) is 0 Å². The van der Waals surface area contributed by atoms with E-state index in [0.29, 0.717) is 5.82 Å². The molecule has 1 saturated heterocycles. The second-order valence-electron chi connectivity index (χ2n) is 6.85. The molecular weight excluding hydrogens is 314 g/mol. The van der Waals surface area contributed by atoms with Crippen LogP contribution in [-0.2, 0) is 11.3 Å². The minimum Gasteiger partial charge on any atom is -0.335 e. The first-order valence-corrected chi connectivity index (χ1v) is 9.05. The minimum absolute atomic E-state index is 0.0921. The Kier molecular flexibility index (Phi) is 5.81. The molecule has 0 unspecified atom stereocenters. The second-order valence-corrected chi connectivity index (χ2v) is 6.85. The number of carbonyl (C=O) groups excluding carboxylic acids is 1. The van der Waals surface area contributed by atoms with E-state index >= 15 is 0 Å². The van der Waals surface area contributed by atoms with Gasteiger partial charge in [0.05, 0.1) is 0 Å². The van der Waals surface area contributed by atoms with Gasteiger partial charge in [-0.25, -0.2) is 9.97 Å². The van der Waals surface area contributed by atoms with E-state index in [4.69, 9.17) is 0 Å². The van der Waals surface area contributed by atoms with E-state index in [1.165, 1.54) is 0 Å². The van der Waals surface area contributed by atoms with Crippen molar-refractivity contribution in [1.82, 2.24) is 19.4 Å². The molecule has 0 saturated carbocycles. The first kappa shape index (κ1) is 17.6. The van der Waals surface area contributed by atoms with Gasteiger partial charge in [0.2, 0.25) is 5.91 Å². The molecule has 0 radical (unpaired) electrons. The summed E-state index contributed by atoms with van der Waals surface area (Å²) >= 11 is 0. The molecular formula is C19H27N5O. The van der Waals surface area contributed by atoms with Crippen molar-refractivity contribution in [2.75, 3.05) is 25.0 Å². The van der Waals surface area contributed by atoms with E-state index in [1.807, 2.05) is 38.4 Å². The fourth-order valence-corrected chi connectivity index (χ4v) is 3.36. The lowest BCUT2D eigenvalue weighted by Crippen LogP contribution is -2.38.